The van der Waals surface area contributed by atoms with Gasteiger partial charge in [-0.05, 0) is 61.1 Å². The summed E-state index contributed by atoms with van der Waals surface area (Å²) in [6, 6.07) is 5.60. The molecule has 0 aromatic heterocycles. The fourth-order valence-corrected chi connectivity index (χ4v) is 5.42. The zero-order chi connectivity index (χ0) is 30.4. The fraction of sp³-hybridized carbons (Fsp3) is 0.781. The van der Waals surface area contributed by atoms with E-state index in [1.54, 1.807) is 21.3 Å². The molecule has 0 saturated carbocycles. The van der Waals surface area contributed by atoms with Crippen LogP contribution in [0.25, 0.3) is 0 Å². The Morgan fingerprint density at radius 3 is 2.46 bits per heavy atom. The minimum absolute atomic E-state index is 0.0394. The zero-order valence-corrected chi connectivity index (χ0v) is 26.4. The zero-order valence-electron chi connectivity index (χ0n) is 26.4. The highest BCUT2D eigenvalue weighted by atomic mass is 16.5. The van der Waals surface area contributed by atoms with Crippen LogP contribution in [0.5, 0.6) is 11.5 Å². The molecule has 1 aromatic rings. The highest BCUT2D eigenvalue weighted by molar-refractivity contribution is 5.78. The Kier molecular flexibility index (Phi) is 16.0. The van der Waals surface area contributed by atoms with Gasteiger partial charge in [0, 0.05) is 51.7 Å². The van der Waals surface area contributed by atoms with E-state index < -0.39 is 12.1 Å². The summed E-state index contributed by atoms with van der Waals surface area (Å²) in [4.78, 5) is 13.1. The predicted molar refractivity (Wildman–Crippen MR) is 161 cm³/mol. The molecule has 1 aromatic carbocycles. The van der Waals surface area contributed by atoms with Crippen LogP contribution in [0.4, 0.5) is 0 Å². The van der Waals surface area contributed by atoms with Crippen molar-refractivity contribution in [2.45, 2.75) is 78.0 Å². The summed E-state index contributed by atoms with van der Waals surface area (Å²) in [7, 11) is 5.00. The van der Waals surface area contributed by atoms with E-state index in [1.165, 1.54) is 0 Å². The van der Waals surface area contributed by atoms with Crippen molar-refractivity contribution in [3.63, 3.8) is 0 Å². The number of hydrogen-bond donors (Lipinski definition) is 3. The molecular weight excluding hydrogens is 524 g/mol. The van der Waals surface area contributed by atoms with E-state index in [4.69, 9.17) is 29.4 Å². The van der Waals surface area contributed by atoms with Gasteiger partial charge in [-0.2, -0.15) is 0 Å². The second kappa shape index (κ2) is 18.6. The van der Waals surface area contributed by atoms with Crippen molar-refractivity contribution in [3.8, 4) is 11.5 Å². The van der Waals surface area contributed by atoms with Gasteiger partial charge in [0.1, 0.15) is 0 Å². The van der Waals surface area contributed by atoms with Gasteiger partial charge in [-0.1, -0.05) is 33.8 Å². The second-order valence-electron chi connectivity index (χ2n) is 12.2. The molecule has 1 aliphatic rings. The molecule has 1 fully saturated rings. The summed E-state index contributed by atoms with van der Waals surface area (Å²) in [6.07, 6.45) is 2.74. The first-order valence-electron chi connectivity index (χ1n) is 15.2. The summed E-state index contributed by atoms with van der Waals surface area (Å²) in [5, 5.41) is 14.2. The number of carbonyl (C=O) groups is 1. The lowest BCUT2D eigenvalue weighted by Crippen LogP contribution is -2.44. The number of ether oxygens (including phenoxy) is 5. The van der Waals surface area contributed by atoms with Gasteiger partial charge in [0.25, 0.3) is 0 Å². The van der Waals surface area contributed by atoms with E-state index in [9.17, 15) is 9.90 Å². The van der Waals surface area contributed by atoms with E-state index in [0.717, 1.165) is 30.6 Å². The number of nitrogens with two attached hydrogens (primary N) is 1. The summed E-state index contributed by atoms with van der Waals surface area (Å²) in [5.74, 6) is 1.97. The maximum absolute atomic E-state index is 13.1. The molecule has 0 spiro atoms. The van der Waals surface area contributed by atoms with Gasteiger partial charge in [0.15, 0.2) is 11.5 Å². The third kappa shape index (κ3) is 12.1. The summed E-state index contributed by atoms with van der Waals surface area (Å²) < 4.78 is 27.6. The lowest BCUT2D eigenvalue weighted by Gasteiger charge is -2.31. The molecule has 9 nitrogen and oxygen atoms in total. The maximum atomic E-state index is 13.1. The molecule has 1 heterocycles. The number of rotatable bonds is 19. The molecule has 2 rings (SSSR count). The van der Waals surface area contributed by atoms with Crippen LogP contribution in [0.3, 0.4) is 0 Å². The first kappa shape index (κ1) is 35.3. The maximum Gasteiger partial charge on any atom is 0.223 e. The van der Waals surface area contributed by atoms with Crippen molar-refractivity contribution in [1.82, 2.24) is 5.32 Å². The normalized spacial score (nSPS) is 20.5. The molecule has 236 valence electrons. The van der Waals surface area contributed by atoms with Crippen LogP contribution < -0.4 is 20.5 Å². The number of aliphatic hydroxyl groups is 1. The van der Waals surface area contributed by atoms with Crippen LogP contribution in [0, 0.1) is 29.6 Å². The Hall–Kier alpha value is -1.91. The molecule has 41 heavy (non-hydrogen) atoms. The van der Waals surface area contributed by atoms with Crippen LogP contribution in [0.1, 0.15) is 58.9 Å². The monoisotopic (exact) mass is 580 g/mol. The number of amides is 1. The lowest BCUT2D eigenvalue weighted by atomic mass is 9.80. The molecular formula is C32H56N2O7. The predicted octanol–water partition coefficient (Wildman–Crippen LogP) is 3.83. The fourth-order valence-electron chi connectivity index (χ4n) is 5.42. The van der Waals surface area contributed by atoms with Gasteiger partial charge < -0.3 is 39.8 Å². The summed E-state index contributed by atoms with van der Waals surface area (Å²) in [5.41, 5.74) is 7.71. The Bertz CT molecular complexity index is 882. The van der Waals surface area contributed by atoms with E-state index in [1.807, 2.05) is 26.0 Å². The first-order chi connectivity index (χ1) is 19.6. The van der Waals surface area contributed by atoms with Gasteiger partial charge in [0.05, 0.1) is 39.1 Å². The average molecular weight is 581 g/mol. The highest BCUT2D eigenvalue weighted by Crippen LogP contribution is 2.32. The number of methoxy groups -OCH3 is 3. The lowest BCUT2D eigenvalue weighted by molar-refractivity contribution is -0.128. The third-order valence-electron chi connectivity index (χ3n) is 8.28. The van der Waals surface area contributed by atoms with Gasteiger partial charge >= 0.3 is 0 Å². The largest absolute Gasteiger partial charge is 0.493 e. The first-order valence-corrected chi connectivity index (χ1v) is 15.2. The number of aliphatic hydroxyl groups excluding tert-OH is 1. The Morgan fingerprint density at radius 2 is 1.83 bits per heavy atom. The minimum Gasteiger partial charge on any atom is -0.493 e. The molecule has 0 aliphatic carbocycles. The molecule has 1 amide bonds. The number of benzene rings is 1. The van der Waals surface area contributed by atoms with Gasteiger partial charge in [-0.15, -0.1) is 0 Å². The van der Waals surface area contributed by atoms with E-state index >= 15 is 0 Å². The Balaban J connectivity index is 1.97. The van der Waals surface area contributed by atoms with Crippen molar-refractivity contribution in [2.24, 2.45) is 35.3 Å². The quantitative estimate of drug-likeness (QED) is 0.211. The van der Waals surface area contributed by atoms with E-state index in [-0.39, 0.29) is 35.7 Å². The van der Waals surface area contributed by atoms with Crippen LogP contribution >= 0.6 is 0 Å². The smallest absolute Gasteiger partial charge is 0.223 e. The van der Waals surface area contributed by atoms with Gasteiger partial charge in [-0.25, -0.2) is 0 Å². The molecule has 1 saturated heterocycles. The molecule has 6 atom stereocenters. The Labute approximate surface area is 247 Å². The van der Waals surface area contributed by atoms with Crippen LogP contribution in [0.2, 0.25) is 0 Å². The van der Waals surface area contributed by atoms with Gasteiger partial charge in [-0.3, -0.25) is 4.79 Å². The molecule has 4 unspecified atom stereocenters. The summed E-state index contributed by atoms with van der Waals surface area (Å²) >= 11 is 0. The SMILES string of the molecule is COCCCOc1cc(CC(CC(N)C(O)CC(C(=O)NC[C@H]2COC[C@H](OC)C2)C(C)C)C(C)C)ccc1OC. The second-order valence-corrected chi connectivity index (χ2v) is 12.2. The topological polar surface area (TPSA) is 122 Å². The molecule has 0 bridgehead atoms. The summed E-state index contributed by atoms with van der Waals surface area (Å²) in [6.45, 7) is 11.3. The van der Waals surface area contributed by atoms with Crippen molar-refractivity contribution >= 4 is 5.91 Å². The number of carbonyl (C=O) groups excluding carboxylic acids is 1. The van der Waals surface area contributed by atoms with E-state index in [0.29, 0.717) is 57.5 Å². The van der Waals surface area contributed by atoms with Crippen LogP contribution in [-0.4, -0.2) is 83.6 Å². The minimum atomic E-state index is -0.777. The standard InChI is InChI=1S/C32H56N2O7/c1-21(2)25(13-23-9-10-30(39-7)31(15-23)41-12-8-11-37-5)16-28(33)29(35)17-27(22(3)4)32(36)34-18-24-14-26(38-6)20-40-19-24/h9-10,15,21-22,24-29,35H,8,11-14,16-20,33H2,1-7H3,(H,34,36)/t24-,25?,26+,27?,28?,29?/m0/s1. The Morgan fingerprint density at radius 1 is 1.07 bits per heavy atom. The molecule has 9 heteroatoms. The highest BCUT2D eigenvalue weighted by Gasteiger charge is 2.31. The van der Waals surface area contributed by atoms with Crippen molar-refractivity contribution in [3.05, 3.63) is 23.8 Å². The van der Waals surface area contributed by atoms with E-state index in [2.05, 4.69) is 25.2 Å². The van der Waals surface area contributed by atoms with Gasteiger partial charge in [0.2, 0.25) is 5.91 Å². The number of hydrogen-bond acceptors (Lipinski definition) is 8. The van der Waals surface area contributed by atoms with Crippen molar-refractivity contribution in [2.75, 3.05) is 54.3 Å². The van der Waals surface area contributed by atoms with Crippen molar-refractivity contribution in [1.29, 1.82) is 0 Å². The van der Waals surface area contributed by atoms with Crippen molar-refractivity contribution < 1.29 is 33.6 Å². The third-order valence-corrected chi connectivity index (χ3v) is 8.28. The molecule has 1 aliphatic heterocycles. The average Bonchev–Trinajstić information content (AvgIpc) is 2.96. The van der Waals surface area contributed by atoms with Crippen LogP contribution in [0.15, 0.2) is 18.2 Å². The number of nitrogens with one attached hydrogen (secondary N) is 1. The van der Waals surface area contributed by atoms with Crippen LogP contribution in [-0.2, 0) is 25.4 Å². The molecule has 4 N–H and O–H groups in total. The molecule has 0 radical (unpaired) electrons.